The zero-order valence-corrected chi connectivity index (χ0v) is 19.0. The molecule has 1 aliphatic heterocycles. The van der Waals surface area contributed by atoms with Crippen molar-refractivity contribution < 1.29 is 28.5 Å². The van der Waals surface area contributed by atoms with Crippen LogP contribution in [0.2, 0.25) is 0 Å². The summed E-state index contributed by atoms with van der Waals surface area (Å²) < 4.78 is 24.2. The molecule has 1 aromatic heterocycles. The van der Waals surface area contributed by atoms with Crippen molar-refractivity contribution in [3.63, 3.8) is 0 Å². The molecular weight excluding hydrogens is 422 g/mol. The minimum atomic E-state index is -0.450. The molecule has 33 heavy (non-hydrogen) atoms. The van der Waals surface area contributed by atoms with Gasteiger partial charge in [-0.3, -0.25) is 9.59 Å². The minimum Gasteiger partial charge on any atom is -0.497 e. The number of hydrogen-bond acceptors (Lipinski definition) is 6. The standard InChI is InChI=1S/C26H27NO6/c1-17-12-22(23(28)16-32-26(29)13-19-8-10-20(30-3)11-9-19)18(2)27(17)14-21-15-31-24-6-4-5-7-25(24)33-21/h4-12,21H,13-16H2,1-3H3. The Morgan fingerprint density at radius 1 is 1.06 bits per heavy atom. The van der Waals surface area contributed by atoms with E-state index in [1.165, 1.54) is 0 Å². The number of hydrogen-bond donors (Lipinski definition) is 0. The Bertz CT molecular complexity index is 1150. The van der Waals surface area contributed by atoms with Crippen LogP contribution in [0.3, 0.4) is 0 Å². The first-order valence-corrected chi connectivity index (χ1v) is 10.8. The van der Waals surface area contributed by atoms with Gasteiger partial charge in [0.2, 0.25) is 5.78 Å². The minimum absolute atomic E-state index is 0.0940. The molecule has 7 heteroatoms. The predicted octanol–water partition coefficient (Wildman–Crippen LogP) is 3.92. The molecule has 2 aromatic carbocycles. The normalized spacial score (nSPS) is 14.6. The van der Waals surface area contributed by atoms with E-state index in [4.69, 9.17) is 18.9 Å². The molecule has 0 amide bonds. The van der Waals surface area contributed by atoms with E-state index in [9.17, 15) is 9.59 Å². The summed E-state index contributed by atoms with van der Waals surface area (Å²) in [4.78, 5) is 24.9. The SMILES string of the molecule is COc1ccc(CC(=O)OCC(=O)c2cc(C)n(CC3COc4ccccc4O3)c2C)cc1. The molecule has 3 aromatic rings. The van der Waals surface area contributed by atoms with Crippen LogP contribution >= 0.6 is 0 Å². The van der Waals surface area contributed by atoms with Crippen LogP contribution in [-0.4, -0.2) is 42.7 Å². The van der Waals surface area contributed by atoms with Gasteiger partial charge in [0, 0.05) is 17.0 Å². The number of carbonyl (C=O) groups excluding carboxylic acids is 2. The highest BCUT2D eigenvalue weighted by Gasteiger charge is 2.24. The molecule has 1 atom stereocenters. The number of Topliss-reactive ketones (excluding diaryl/α,β-unsaturated/α-hetero) is 1. The van der Waals surface area contributed by atoms with Crippen molar-refractivity contribution in [2.75, 3.05) is 20.3 Å². The van der Waals surface area contributed by atoms with E-state index in [2.05, 4.69) is 0 Å². The van der Waals surface area contributed by atoms with Crippen LogP contribution in [0.5, 0.6) is 17.2 Å². The molecule has 1 unspecified atom stereocenters. The monoisotopic (exact) mass is 449 g/mol. The van der Waals surface area contributed by atoms with Crippen molar-refractivity contribution in [1.29, 1.82) is 0 Å². The van der Waals surface area contributed by atoms with Crippen molar-refractivity contribution in [3.8, 4) is 17.2 Å². The van der Waals surface area contributed by atoms with Crippen LogP contribution in [0.15, 0.2) is 54.6 Å². The molecule has 0 saturated heterocycles. The summed E-state index contributed by atoms with van der Waals surface area (Å²) >= 11 is 0. The molecule has 0 radical (unpaired) electrons. The average molecular weight is 450 g/mol. The number of carbonyl (C=O) groups is 2. The molecular formula is C26H27NO6. The van der Waals surface area contributed by atoms with Gasteiger partial charge in [0.1, 0.15) is 12.4 Å². The van der Waals surface area contributed by atoms with E-state index in [-0.39, 0.29) is 24.9 Å². The lowest BCUT2D eigenvalue weighted by Crippen LogP contribution is -2.33. The van der Waals surface area contributed by atoms with Gasteiger partial charge in [-0.25, -0.2) is 0 Å². The number of esters is 1. The van der Waals surface area contributed by atoms with Crippen molar-refractivity contribution in [2.24, 2.45) is 0 Å². The highest BCUT2D eigenvalue weighted by atomic mass is 16.6. The van der Waals surface area contributed by atoms with Gasteiger partial charge in [-0.15, -0.1) is 0 Å². The van der Waals surface area contributed by atoms with Crippen molar-refractivity contribution in [3.05, 3.63) is 77.1 Å². The van der Waals surface area contributed by atoms with Gasteiger partial charge in [-0.05, 0) is 49.7 Å². The number of ketones is 1. The molecule has 4 rings (SSSR count). The fourth-order valence-corrected chi connectivity index (χ4v) is 3.91. The summed E-state index contributed by atoms with van der Waals surface area (Å²) in [7, 11) is 1.58. The summed E-state index contributed by atoms with van der Waals surface area (Å²) in [5, 5.41) is 0. The largest absolute Gasteiger partial charge is 0.497 e. The lowest BCUT2D eigenvalue weighted by molar-refractivity contribution is -0.141. The first-order chi connectivity index (χ1) is 15.9. The van der Waals surface area contributed by atoms with E-state index in [1.54, 1.807) is 31.4 Å². The Balaban J connectivity index is 1.35. The number of aromatic nitrogens is 1. The first kappa shape index (κ1) is 22.5. The topological polar surface area (TPSA) is 76.0 Å². The lowest BCUT2D eigenvalue weighted by Gasteiger charge is -2.27. The third kappa shape index (κ3) is 5.19. The number of benzene rings is 2. The highest BCUT2D eigenvalue weighted by Crippen LogP contribution is 2.31. The van der Waals surface area contributed by atoms with Crippen molar-refractivity contribution >= 4 is 11.8 Å². The number of aryl methyl sites for hydroxylation is 1. The van der Waals surface area contributed by atoms with Gasteiger partial charge in [0.25, 0.3) is 0 Å². The molecule has 0 spiro atoms. The molecule has 0 fully saturated rings. The summed E-state index contributed by atoms with van der Waals surface area (Å²) in [5.41, 5.74) is 3.08. The number of methoxy groups -OCH3 is 1. The number of ether oxygens (including phenoxy) is 4. The van der Waals surface area contributed by atoms with Gasteiger partial charge < -0.3 is 23.5 Å². The average Bonchev–Trinajstić information content (AvgIpc) is 3.11. The predicted molar refractivity (Wildman–Crippen MR) is 122 cm³/mol. The Kier molecular flexibility index (Phi) is 6.68. The van der Waals surface area contributed by atoms with Crippen LogP contribution in [0, 0.1) is 13.8 Å². The fraction of sp³-hybridized carbons (Fsp3) is 0.308. The zero-order valence-electron chi connectivity index (χ0n) is 19.0. The maximum absolute atomic E-state index is 12.8. The first-order valence-electron chi connectivity index (χ1n) is 10.8. The number of nitrogens with zero attached hydrogens (tertiary/aromatic N) is 1. The van der Waals surface area contributed by atoms with E-state index < -0.39 is 5.97 Å². The van der Waals surface area contributed by atoms with Crippen LogP contribution in [-0.2, 0) is 22.5 Å². The molecule has 0 aliphatic carbocycles. The Hall–Kier alpha value is -3.74. The maximum atomic E-state index is 12.8. The smallest absolute Gasteiger partial charge is 0.310 e. The quantitative estimate of drug-likeness (QED) is 0.383. The number of rotatable bonds is 8. The highest BCUT2D eigenvalue weighted by molar-refractivity contribution is 5.99. The van der Waals surface area contributed by atoms with Gasteiger partial charge >= 0.3 is 5.97 Å². The van der Waals surface area contributed by atoms with Gasteiger partial charge in [-0.1, -0.05) is 24.3 Å². The molecule has 1 aliphatic rings. The van der Waals surface area contributed by atoms with Gasteiger partial charge in [-0.2, -0.15) is 0 Å². The number of para-hydroxylation sites is 2. The van der Waals surface area contributed by atoms with Crippen molar-refractivity contribution in [1.82, 2.24) is 4.57 Å². The lowest BCUT2D eigenvalue weighted by atomic mass is 10.1. The number of fused-ring (bicyclic) bond motifs is 1. The molecule has 0 saturated carbocycles. The molecule has 0 bridgehead atoms. The Morgan fingerprint density at radius 2 is 1.79 bits per heavy atom. The zero-order chi connectivity index (χ0) is 23.4. The maximum Gasteiger partial charge on any atom is 0.310 e. The third-order valence-corrected chi connectivity index (χ3v) is 5.70. The van der Waals surface area contributed by atoms with E-state index in [0.29, 0.717) is 24.5 Å². The van der Waals surface area contributed by atoms with Crippen LogP contribution in [0.1, 0.15) is 27.3 Å². The fourth-order valence-electron chi connectivity index (χ4n) is 3.91. The molecule has 0 N–H and O–H groups in total. The van der Waals surface area contributed by atoms with Crippen LogP contribution in [0.4, 0.5) is 0 Å². The second-order valence-corrected chi connectivity index (χ2v) is 8.00. The molecule has 7 nitrogen and oxygen atoms in total. The van der Waals surface area contributed by atoms with Crippen molar-refractivity contribution in [2.45, 2.75) is 32.9 Å². The molecule has 2 heterocycles. The van der Waals surface area contributed by atoms with Crippen LogP contribution in [0.25, 0.3) is 0 Å². The van der Waals surface area contributed by atoms with E-state index >= 15 is 0 Å². The van der Waals surface area contributed by atoms with Gasteiger partial charge in [0.05, 0.1) is 20.1 Å². The van der Waals surface area contributed by atoms with Crippen LogP contribution < -0.4 is 14.2 Å². The third-order valence-electron chi connectivity index (χ3n) is 5.70. The second kappa shape index (κ2) is 9.81. The summed E-state index contributed by atoms with van der Waals surface area (Å²) in [6.07, 6.45) is -0.0773. The Morgan fingerprint density at radius 3 is 2.52 bits per heavy atom. The Labute approximate surface area is 192 Å². The summed E-state index contributed by atoms with van der Waals surface area (Å²) in [6.45, 7) is 4.51. The molecule has 172 valence electrons. The summed E-state index contributed by atoms with van der Waals surface area (Å²) in [6, 6.07) is 16.6. The second-order valence-electron chi connectivity index (χ2n) is 8.00. The van der Waals surface area contributed by atoms with E-state index in [1.807, 2.05) is 48.7 Å². The summed E-state index contributed by atoms with van der Waals surface area (Å²) in [5.74, 6) is 1.49. The van der Waals surface area contributed by atoms with E-state index in [0.717, 1.165) is 28.5 Å². The van der Waals surface area contributed by atoms with Gasteiger partial charge in [0.15, 0.2) is 24.2 Å².